The Morgan fingerprint density at radius 1 is 1.14 bits per heavy atom. The van der Waals surface area contributed by atoms with Crippen LogP contribution in [0.4, 0.5) is 0 Å². The molecule has 0 saturated carbocycles. The van der Waals surface area contributed by atoms with Crippen molar-refractivity contribution < 1.29 is 33.9 Å². The Balaban J connectivity index is 2.08. The number of carboxylic acids is 1. The fraction of sp³-hybridized carbons (Fsp3) is 0.550. The number of primary amides is 2. The van der Waals surface area contributed by atoms with E-state index in [2.05, 4.69) is 20.6 Å². The summed E-state index contributed by atoms with van der Waals surface area (Å²) >= 11 is 0. The molecule has 4 unspecified atom stereocenters. The summed E-state index contributed by atoms with van der Waals surface area (Å²) in [5.41, 5.74) is 16.6. The van der Waals surface area contributed by atoms with Crippen LogP contribution in [0.25, 0.3) is 0 Å². The molecule has 0 aromatic carbocycles. The van der Waals surface area contributed by atoms with Crippen molar-refractivity contribution >= 4 is 35.5 Å². The molecular formula is C20H30N8O7. The number of H-pyrrole nitrogens is 1. The Morgan fingerprint density at radius 2 is 1.86 bits per heavy atom. The van der Waals surface area contributed by atoms with Crippen molar-refractivity contribution in [3.8, 4) is 0 Å². The molecule has 2 heterocycles. The van der Waals surface area contributed by atoms with Gasteiger partial charge in [-0.25, -0.2) is 9.78 Å². The van der Waals surface area contributed by atoms with Gasteiger partial charge in [0.15, 0.2) is 0 Å². The number of amides is 5. The number of aromatic nitrogens is 2. The maximum absolute atomic E-state index is 12.9. The predicted molar refractivity (Wildman–Crippen MR) is 119 cm³/mol. The van der Waals surface area contributed by atoms with Crippen LogP contribution in [-0.2, 0) is 35.2 Å². The molecule has 15 nitrogen and oxygen atoms in total. The second-order valence-electron chi connectivity index (χ2n) is 8.21. The number of likely N-dealkylation sites (tertiary alicyclic amines) is 1. The van der Waals surface area contributed by atoms with Crippen LogP contribution in [0.2, 0.25) is 0 Å². The number of carbonyl (C=O) groups is 6. The number of nitrogens with zero attached hydrogens (tertiary/aromatic N) is 2. The van der Waals surface area contributed by atoms with Crippen molar-refractivity contribution in [1.29, 1.82) is 0 Å². The lowest BCUT2D eigenvalue weighted by Gasteiger charge is -2.28. The Kier molecular flexibility index (Phi) is 9.69. The third kappa shape index (κ3) is 8.06. The Morgan fingerprint density at radius 3 is 2.43 bits per heavy atom. The molecule has 15 heteroatoms. The number of carbonyl (C=O) groups excluding carboxylic acids is 5. The Bertz CT molecular complexity index is 951. The fourth-order valence-corrected chi connectivity index (χ4v) is 3.70. The number of nitrogens with two attached hydrogens (primary N) is 3. The molecule has 0 bridgehead atoms. The second kappa shape index (κ2) is 12.5. The Hall–Kier alpha value is -4.01. The molecule has 1 aliphatic rings. The van der Waals surface area contributed by atoms with E-state index in [1.807, 2.05) is 0 Å². The van der Waals surface area contributed by atoms with Crippen LogP contribution in [0.15, 0.2) is 12.5 Å². The monoisotopic (exact) mass is 494 g/mol. The summed E-state index contributed by atoms with van der Waals surface area (Å²) < 4.78 is 0. The molecule has 1 saturated heterocycles. The van der Waals surface area contributed by atoms with Gasteiger partial charge in [0.05, 0.1) is 18.8 Å². The van der Waals surface area contributed by atoms with E-state index in [1.54, 1.807) is 0 Å². The normalized spacial score (nSPS) is 17.7. The molecule has 1 fully saturated rings. The number of hydrogen-bond acceptors (Lipinski definition) is 8. The van der Waals surface area contributed by atoms with Crippen molar-refractivity contribution in [3.63, 3.8) is 0 Å². The van der Waals surface area contributed by atoms with Gasteiger partial charge in [0.2, 0.25) is 29.5 Å². The van der Waals surface area contributed by atoms with Gasteiger partial charge >= 0.3 is 5.97 Å². The SMILES string of the molecule is NC(=O)CCC(N)C(=O)N1CCCC1C(=O)NC(CC(N)=O)C(=O)NC(Cc1cnc[nH]1)C(=O)O. The van der Waals surface area contributed by atoms with Gasteiger partial charge in [-0.15, -0.1) is 0 Å². The van der Waals surface area contributed by atoms with E-state index in [1.165, 1.54) is 17.4 Å². The average molecular weight is 495 g/mol. The molecule has 0 spiro atoms. The smallest absolute Gasteiger partial charge is 0.326 e. The highest BCUT2D eigenvalue weighted by Crippen LogP contribution is 2.19. The lowest BCUT2D eigenvalue weighted by Crippen LogP contribution is -2.57. The molecule has 5 amide bonds. The highest BCUT2D eigenvalue weighted by Gasteiger charge is 2.38. The first kappa shape index (κ1) is 27.2. The van der Waals surface area contributed by atoms with Gasteiger partial charge < -0.3 is 42.8 Å². The van der Waals surface area contributed by atoms with E-state index in [9.17, 15) is 33.9 Å². The summed E-state index contributed by atoms with van der Waals surface area (Å²) in [6, 6.07) is -4.85. The van der Waals surface area contributed by atoms with E-state index in [0.717, 1.165) is 0 Å². The largest absolute Gasteiger partial charge is 0.480 e. The van der Waals surface area contributed by atoms with Gasteiger partial charge in [-0.3, -0.25) is 24.0 Å². The number of nitrogens with one attached hydrogen (secondary N) is 3. The zero-order valence-electron chi connectivity index (χ0n) is 18.9. The summed E-state index contributed by atoms with van der Waals surface area (Å²) in [6.45, 7) is 0.235. The van der Waals surface area contributed by atoms with Gasteiger partial charge in [-0.05, 0) is 19.3 Å². The van der Waals surface area contributed by atoms with Gasteiger partial charge in [0.1, 0.15) is 18.1 Å². The number of carboxylic acid groups (broad SMARTS) is 1. The maximum Gasteiger partial charge on any atom is 0.326 e. The van der Waals surface area contributed by atoms with Crippen molar-refractivity contribution in [2.45, 2.75) is 62.7 Å². The van der Waals surface area contributed by atoms with Crippen molar-refractivity contribution in [3.05, 3.63) is 18.2 Å². The van der Waals surface area contributed by atoms with Crippen LogP contribution in [0.5, 0.6) is 0 Å². The molecule has 1 aromatic heterocycles. The predicted octanol–water partition coefficient (Wildman–Crippen LogP) is -3.53. The quantitative estimate of drug-likeness (QED) is 0.143. The van der Waals surface area contributed by atoms with Crippen LogP contribution < -0.4 is 27.8 Å². The molecule has 1 aromatic rings. The third-order valence-electron chi connectivity index (χ3n) is 5.49. The Labute approximate surface area is 200 Å². The van der Waals surface area contributed by atoms with E-state index in [4.69, 9.17) is 17.2 Å². The third-order valence-corrected chi connectivity index (χ3v) is 5.49. The zero-order chi connectivity index (χ0) is 26.1. The van der Waals surface area contributed by atoms with Gasteiger partial charge in [-0.1, -0.05) is 0 Å². The van der Waals surface area contributed by atoms with Crippen molar-refractivity contribution in [1.82, 2.24) is 25.5 Å². The summed E-state index contributed by atoms with van der Waals surface area (Å²) in [4.78, 5) is 80.2. The molecular weight excluding hydrogens is 464 g/mol. The van der Waals surface area contributed by atoms with E-state index < -0.39 is 66.1 Å². The highest BCUT2D eigenvalue weighted by atomic mass is 16.4. The van der Waals surface area contributed by atoms with E-state index >= 15 is 0 Å². The van der Waals surface area contributed by atoms with Crippen LogP contribution >= 0.6 is 0 Å². The lowest BCUT2D eigenvalue weighted by atomic mass is 10.1. The minimum atomic E-state index is -1.47. The van der Waals surface area contributed by atoms with E-state index in [-0.39, 0.29) is 32.2 Å². The minimum Gasteiger partial charge on any atom is -0.480 e. The minimum absolute atomic E-state index is 0.0125. The number of hydrogen-bond donors (Lipinski definition) is 7. The fourth-order valence-electron chi connectivity index (χ4n) is 3.70. The lowest BCUT2D eigenvalue weighted by molar-refractivity contribution is -0.143. The van der Waals surface area contributed by atoms with Crippen LogP contribution in [0.1, 0.15) is 37.8 Å². The van der Waals surface area contributed by atoms with E-state index in [0.29, 0.717) is 12.1 Å². The van der Waals surface area contributed by atoms with Gasteiger partial charge in [0.25, 0.3) is 0 Å². The summed E-state index contributed by atoms with van der Waals surface area (Å²) in [5, 5.41) is 14.1. The molecule has 0 radical (unpaired) electrons. The maximum atomic E-state index is 12.9. The van der Waals surface area contributed by atoms with Crippen LogP contribution in [-0.4, -0.2) is 86.2 Å². The highest BCUT2D eigenvalue weighted by molar-refractivity contribution is 5.96. The molecule has 1 aliphatic heterocycles. The number of imidazole rings is 1. The zero-order valence-corrected chi connectivity index (χ0v) is 18.9. The van der Waals surface area contributed by atoms with Crippen molar-refractivity contribution in [2.75, 3.05) is 6.54 Å². The first-order chi connectivity index (χ1) is 16.5. The second-order valence-corrected chi connectivity index (χ2v) is 8.21. The number of aromatic amines is 1. The first-order valence-corrected chi connectivity index (χ1v) is 10.9. The molecule has 192 valence electrons. The average Bonchev–Trinajstić information content (AvgIpc) is 3.47. The van der Waals surface area contributed by atoms with Gasteiger partial charge in [-0.2, -0.15) is 0 Å². The number of rotatable bonds is 13. The topological polar surface area (TPSA) is 257 Å². The summed E-state index contributed by atoms with van der Waals surface area (Å²) in [6.07, 6.45) is 2.72. The number of aliphatic carboxylic acids is 1. The van der Waals surface area contributed by atoms with Crippen LogP contribution in [0, 0.1) is 0 Å². The molecule has 10 N–H and O–H groups in total. The van der Waals surface area contributed by atoms with Gasteiger partial charge in [0, 0.05) is 31.3 Å². The summed E-state index contributed by atoms with van der Waals surface area (Å²) in [5.74, 6) is -5.06. The molecule has 0 aliphatic carbocycles. The summed E-state index contributed by atoms with van der Waals surface area (Å²) in [7, 11) is 0. The first-order valence-electron chi connectivity index (χ1n) is 10.9. The van der Waals surface area contributed by atoms with Crippen LogP contribution in [0.3, 0.4) is 0 Å². The molecule has 2 rings (SSSR count). The van der Waals surface area contributed by atoms with Crippen molar-refractivity contribution in [2.24, 2.45) is 17.2 Å². The standard InChI is InChI=1S/C20H30N8O7/c21-11(3-4-15(22)29)19(33)28-5-1-2-14(28)18(32)26-12(7-16(23)30)17(31)27-13(20(34)35)6-10-8-24-9-25-10/h8-9,11-14H,1-7,21H2,(H2,22,29)(H2,23,30)(H,24,25)(H,26,32)(H,27,31)(H,34,35). The molecule has 4 atom stereocenters. The molecule has 35 heavy (non-hydrogen) atoms.